The van der Waals surface area contributed by atoms with E-state index in [2.05, 4.69) is 39.1 Å². The molecule has 0 aromatic carbocycles. The number of methoxy groups -OCH3 is 1. The first-order valence-corrected chi connectivity index (χ1v) is 8.28. The van der Waals surface area contributed by atoms with Crippen LogP contribution in [0.15, 0.2) is 28.2 Å². The summed E-state index contributed by atoms with van der Waals surface area (Å²) in [5.41, 5.74) is 1.28. The van der Waals surface area contributed by atoms with Crippen LogP contribution < -0.4 is 5.32 Å². The fourth-order valence-electron chi connectivity index (χ4n) is 3.27. The van der Waals surface area contributed by atoms with Gasteiger partial charge >= 0.3 is 0 Å². The van der Waals surface area contributed by atoms with Crippen LogP contribution in [0.25, 0.3) is 0 Å². The smallest absolute Gasteiger partial charge is 0.224 e. The SMILES string of the molecule is COCC[C@H](NC(=O)[C@@H]1[C@@H](C=C(C)C)C1(C)C)c1ccc(C)o1. The number of nitrogens with one attached hydrogen (secondary N) is 1. The highest BCUT2D eigenvalue weighted by molar-refractivity contribution is 5.84. The van der Waals surface area contributed by atoms with Crippen LogP contribution in [-0.4, -0.2) is 19.6 Å². The summed E-state index contributed by atoms with van der Waals surface area (Å²) < 4.78 is 10.9. The Balaban J connectivity index is 2.08. The predicted molar refractivity (Wildman–Crippen MR) is 91.0 cm³/mol. The van der Waals surface area contributed by atoms with E-state index in [-0.39, 0.29) is 23.3 Å². The summed E-state index contributed by atoms with van der Waals surface area (Å²) in [5, 5.41) is 3.16. The Bertz CT molecular complexity index is 581. The maximum Gasteiger partial charge on any atom is 0.224 e. The van der Waals surface area contributed by atoms with Crippen LogP contribution in [0.4, 0.5) is 0 Å². The van der Waals surface area contributed by atoms with Gasteiger partial charge in [-0.05, 0) is 50.7 Å². The van der Waals surface area contributed by atoms with E-state index in [0.717, 1.165) is 11.5 Å². The van der Waals surface area contributed by atoms with Crippen molar-refractivity contribution >= 4 is 5.91 Å². The molecule has 128 valence electrons. The van der Waals surface area contributed by atoms with Crippen molar-refractivity contribution in [3.63, 3.8) is 0 Å². The molecular weight excluding hydrogens is 290 g/mol. The Morgan fingerprint density at radius 3 is 2.65 bits per heavy atom. The molecule has 1 fully saturated rings. The molecule has 23 heavy (non-hydrogen) atoms. The molecule has 0 saturated heterocycles. The van der Waals surface area contributed by atoms with Crippen LogP contribution in [0.3, 0.4) is 0 Å². The molecule has 1 saturated carbocycles. The molecule has 1 aliphatic carbocycles. The van der Waals surface area contributed by atoms with Crippen molar-refractivity contribution in [2.75, 3.05) is 13.7 Å². The molecule has 1 aromatic heterocycles. The second-order valence-electron chi connectivity index (χ2n) is 7.36. The zero-order valence-corrected chi connectivity index (χ0v) is 15.1. The summed E-state index contributed by atoms with van der Waals surface area (Å²) in [6, 6.07) is 3.72. The van der Waals surface area contributed by atoms with E-state index in [1.165, 1.54) is 5.57 Å². The number of furan rings is 1. The van der Waals surface area contributed by atoms with E-state index in [1.807, 2.05) is 19.1 Å². The molecule has 0 radical (unpaired) electrons. The monoisotopic (exact) mass is 319 g/mol. The van der Waals surface area contributed by atoms with Gasteiger partial charge in [0.25, 0.3) is 0 Å². The molecule has 1 aromatic rings. The maximum absolute atomic E-state index is 12.7. The Kier molecular flexibility index (Phi) is 5.35. The second-order valence-corrected chi connectivity index (χ2v) is 7.36. The van der Waals surface area contributed by atoms with E-state index >= 15 is 0 Å². The number of hydrogen-bond acceptors (Lipinski definition) is 3. The van der Waals surface area contributed by atoms with Gasteiger partial charge in [0.15, 0.2) is 0 Å². The molecule has 0 spiro atoms. The van der Waals surface area contributed by atoms with E-state index in [9.17, 15) is 4.79 Å². The quantitative estimate of drug-likeness (QED) is 0.772. The van der Waals surface area contributed by atoms with Crippen molar-refractivity contribution in [1.82, 2.24) is 5.32 Å². The van der Waals surface area contributed by atoms with Crippen molar-refractivity contribution in [3.8, 4) is 0 Å². The predicted octanol–water partition coefficient (Wildman–Crippen LogP) is 4.02. The molecule has 1 aliphatic rings. The summed E-state index contributed by atoms with van der Waals surface area (Å²) >= 11 is 0. The number of aryl methyl sites for hydroxylation is 1. The molecule has 4 nitrogen and oxygen atoms in total. The summed E-state index contributed by atoms with van der Waals surface area (Å²) in [5.74, 6) is 2.09. The molecule has 4 heteroatoms. The van der Waals surface area contributed by atoms with Gasteiger partial charge in [0.2, 0.25) is 5.91 Å². The van der Waals surface area contributed by atoms with Crippen molar-refractivity contribution < 1.29 is 13.9 Å². The lowest BCUT2D eigenvalue weighted by Crippen LogP contribution is -2.31. The highest BCUT2D eigenvalue weighted by atomic mass is 16.5. The average Bonchev–Trinajstić information content (AvgIpc) is 2.80. The third-order valence-electron chi connectivity index (χ3n) is 4.74. The lowest BCUT2D eigenvalue weighted by Gasteiger charge is -2.17. The zero-order chi connectivity index (χ0) is 17.2. The topological polar surface area (TPSA) is 51.5 Å². The zero-order valence-electron chi connectivity index (χ0n) is 15.1. The molecule has 1 heterocycles. The van der Waals surface area contributed by atoms with Crippen molar-refractivity contribution in [2.45, 2.75) is 47.1 Å². The lowest BCUT2D eigenvalue weighted by atomic mass is 10.1. The van der Waals surface area contributed by atoms with Crippen LogP contribution in [0.1, 0.15) is 51.7 Å². The van der Waals surface area contributed by atoms with Crippen LogP contribution >= 0.6 is 0 Å². The van der Waals surface area contributed by atoms with Gasteiger partial charge < -0.3 is 14.5 Å². The Labute approximate surface area is 139 Å². The third kappa shape index (κ3) is 4.05. The van der Waals surface area contributed by atoms with E-state index in [0.29, 0.717) is 18.9 Å². The Hall–Kier alpha value is -1.55. The van der Waals surface area contributed by atoms with Crippen molar-refractivity contribution in [3.05, 3.63) is 35.3 Å². The van der Waals surface area contributed by atoms with Crippen LogP contribution in [0.2, 0.25) is 0 Å². The minimum Gasteiger partial charge on any atom is -0.464 e. The average molecular weight is 319 g/mol. The fraction of sp³-hybridized carbons (Fsp3) is 0.632. The third-order valence-corrected chi connectivity index (χ3v) is 4.74. The standard InChI is InChI=1S/C19H29NO3/c1-12(2)11-14-17(19(14,4)5)18(21)20-15(9-10-22-6)16-8-7-13(3)23-16/h7-8,11,14-15,17H,9-10H2,1-6H3,(H,20,21)/t14-,15+,17+/m1/s1. The Morgan fingerprint density at radius 1 is 1.43 bits per heavy atom. The van der Waals surface area contributed by atoms with E-state index in [4.69, 9.17) is 9.15 Å². The number of ether oxygens (including phenoxy) is 1. The number of carbonyl (C=O) groups is 1. The highest BCUT2D eigenvalue weighted by Gasteiger charge is 2.60. The van der Waals surface area contributed by atoms with Gasteiger partial charge in [-0.15, -0.1) is 0 Å². The lowest BCUT2D eigenvalue weighted by molar-refractivity contribution is -0.124. The molecule has 1 N–H and O–H groups in total. The van der Waals surface area contributed by atoms with Crippen LogP contribution in [-0.2, 0) is 9.53 Å². The molecule has 1 amide bonds. The normalized spacial score (nSPS) is 23.2. The van der Waals surface area contributed by atoms with Gasteiger partial charge in [-0.25, -0.2) is 0 Å². The van der Waals surface area contributed by atoms with Crippen LogP contribution in [0, 0.1) is 24.2 Å². The molecule has 0 unspecified atom stereocenters. The first-order valence-electron chi connectivity index (χ1n) is 8.28. The minimum absolute atomic E-state index is 0.0201. The molecule has 0 aliphatic heterocycles. The summed E-state index contributed by atoms with van der Waals surface area (Å²) in [6.45, 7) is 11.0. The van der Waals surface area contributed by atoms with Crippen LogP contribution in [0.5, 0.6) is 0 Å². The first kappa shape index (κ1) is 17.8. The number of hydrogen-bond donors (Lipinski definition) is 1. The van der Waals surface area contributed by atoms with Gasteiger partial charge in [-0.2, -0.15) is 0 Å². The highest BCUT2D eigenvalue weighted by Crippen LogP contribution is 2.59. The van der Waals surface area contributed by atoms with E-state index < -0.39 is 0 Å². The number of carbonyl (C=O) groups excluding carboxylic acids is 1. The molecule has 3 atom stereocenters. The summed E-state index contributed by atoms with van der Waals surface area (Å²) in [7, 11) is 1.67. The van der Waals surface area contributed by atoms with E-state index in [1.54, 1.807) is 7.11 Å². The van der Waals surface area contributed by atoms with Crippen molar-refractivity contribution in [1.29, 1.82) is 0 Å². The fourth-order valence-corrected chi connectivity index (χ4v) is 3.27. The maximum atomic E-state index is 12.7. The Morgan fingerprint density at radius 2 is 2.13 bits per heavy atom. The number of allylic oxidation sites excluding steroid dienone is 2. The molecule has 2 rings (SSSR count). The molecule has 0 bridgehead atoms. The van der Waals surface area contributed by atoms with Gasteiger partial charge in [0.1, 0.15) is 11.5 Å². The second kappa shape index (κ2) is 6.91. The minimum atomic E-state index is -0.139. The van der Waals surface area contributed by atoms with Gasteiger partial charge in [-0.3, -0.25) is 4.79 Å². The number of amides is 1. The molecular formula is C19H29NO3. The van der Waals surface area contributed by atoms with Crippen molar-refractivity contribution in [2.24, 2.45) is 17.3 Å². The van der Waals surface area contributed by atoms with Gasteiger partial charge in [0.05, 0.1) is 12.0 Å². The summed E-state index contributed by atoms with van der Waals surface area (Å²) in [6.07, 6.45) is 2.92. The van der Waals surface area contributed by atoms with Gasteiger partial charge in [0, 0.05) is 13.7 Å². The summed E-state index contributed by atoms with van der Waals surface area (Å²) in [4.78, 5) is 12.7. The largest absolute Gasteiger partial charge is 0.464 e. The first-order chi connectivity index (χ1) is 10.8. The number of rotatable bonds is 7. The van der Waals surface area contributed by atoms with Gasteiger partial charge in [-0.1, -0.05) is 25.5 Å².